The summed E-state index contributed by atoms with van der Waals surface area (Å²) in [7, 11) is 1.66. The molecule has 0 bridgehead atoms. The molecule has 3 nitrogen and oxygen atoms in total. The molecule has 0 spiro atoms. The molecule has 1 aromatic rings. The number of halogens is 1. The SMILES string of the molecule is CCNCc1ccc(OCC(C)OC)c(Cl)c1. The average Bonchev–Trinajstić information content (AvgIpc) is 2.34. The summed E-state index contributed by atoms with van der Waals surface area (Å²) in [5.74, 6) is 0.704. The lowest BCUT2D eigenvalue weighted by atomic mass is 10.2. The van der Waals surface area contributed by atoms with E-state index in [0.29, 0.717) is 17.4 Å². The van der Waals surface area contributed by atoms with Crippen LogP contribution in [0.4, 0.5) is 0 Å². The van der Waals surface area contributed by atoms with Gasteiger partial charge in [-0.2, -0.15) is 0 Å². The fourth-order valence-corrected chi connectivity index (χ4v) is 1.57. The first-order valence-corrected chi connectivity index (χ1v) is 6.20. The van der Waals surface area contributed by atoms with Crippen LogP contribution in [0.3, 0.4) is 0 Å². The van der Waals surface area contributed by atoms with E-state index in [1.54, 1.807) is 7.11 Å². The van der Waals surface area contributed by atoms with Gasteiger partial charge in [0.05, 0.1) is 11.1 Å². The minimum absolute atomic E-state index is 0.0625. The first-order valence-electron chi connectivity index (χ1n) is 5.82. The Morgan fingerprint density at radius 1 is 1.41 bits per heavy atom. The van der Waals surface area contributed by atoms with Crippen LogP contribution in [-0.4, -0.2) is 26.4 Å². The molecule has 0 radical (unpaired) electrons. The summed E-state index contributed by atoms with van der Waals surface area (Å²) >= 11 is 6.14. The summed E-state index contributed by atoms with van der Waals surface area (Å²) in [4.78, 5) is 0. The van der Waals surface area contributed by atoms with Gasteiger partial charge in [0.15, 0.2) is 0 Å². The van der Waals surface area contributed by atoms with Gasteiger partial charge in [-0.1, -0.05) is 24.6 Å². The van der Waals surface area contributed by atoms with E-state index in [1.165, 1.54) is 0 Å². The first-order chi connectivity index (χ1) is 8.17. The Balaban J connectivity index is 2.56. The molecule has 1 N–H and O–H groups in total. The number of nitrogens with one attached hydrogen (secondary N) is 1. The second-order valence-corrected chi connectivity index (χ2v) is 4.31. The molecule has 0 fully saturated rings. The van der Waals surface area contributed by atoms with E-state index in [4.69, 9.17) is 21.1 Å². The molecule has 0 heterocycles. The van der Waals surface area contributed by atoms with Gasteiger partial charge in [-0.3, -0.25) is 0 Å². The molecule has 1 rings (SSSR count). The number of hydrogen-bond acceptors (Lipinski definition) is 3. The highest BCUT2D eigenvalue weighted by Gasteiger charge is 2.05. The van der Waals surface area contributed by atoms with Crippen molar-refractivity contribution in [1.82, 2.24) is 5.32 Å². The van der Waals surface area contributed by atoms with Crippen LogP contribution >= 0.6 is 11.6 Å². The lowest BCUT2D eigenvalue weighted by Gasteiger charge is -2.13. The molecular weight excluding hydrogens is 238 g/mol. The van der Waals surface area contributed by atoms with Crippen molar-refractivity contribution in [1.29, 1.82) is 0 Å². The predicted octanol–water partition coefficient (Wildman–Crippen LogP) is 2.86. The molecule has 0 aliphatic rings. The summed E-state index contributed by atoms with van der Waals surface area (Å²) in [5, 5.41) is 3.89. The van der Waals surface area contributed by atoms with Gasteiger partial charge in [0.1, 0.15) is 12.4 Å². The topological polar surface area (TPSA) is 30.5 Å². The number of methoxy groups -OCH3 is 1. The van der Waals surface area contributed by atoms with Gasteiger partial charge < -0.3 is 14.8 Å². The fraction of sp³-hybridized carbons (Fsp3) is 0.538. The van der Waals surface area contributed by atoms with E-state index in [9.17, 15) is 0 Å². The molecular formula is C13H20ClNO2. The van der Waals surface area contributed by atoms with E-state index in [1.807, 2.05) is 25.1 Å². The Hall–Kier alpha value is -0.770. The van der Waals surface area contributed by atoms with Crippen molar-refractivity contribution in [3.8, 4) is 5.75 Å². The number of ether oxygens (including phenoxy) is 2. The van der Waals surface area contributed by atoms with Crippen LogP contribution in [0.25, 0.3) is 0 Å². The zero-order valence-electron chi connectivity index (χ0n) is 10.6. The van der Waals surface area contributed by atoms with Gasteiger partial charge in [-0.15, -0.1) is 0 Å². The van der Waals surface area contributed by atoms with Crippen LogP contribution in [-0.2, 0) is 11.3 Å². The maximum Gasteiger partial charge on any atom is 0.138 e. The minimum Gasteiger partial charge on any atom is -0.489 e. The standard InChI is InChI=1S/C13H20ClNO2/c1-4-15-8-11-5-6-13(12(14)7-11)17-9-10(2)16-3/h5-7,10,15H,4,8-9H2,1-3H3. The fourth-order valence-electron chi connectivity index (χ4n) is 1.32. The van der Waals surface area contributed by atoms with Gasteiger partial charge in [0, 0.05) is 13.7 Å². The largest absolute Gasteiger partial charge is 0.489 e. The van der Waals surface area contributed by atoms with Crippen molar-refractivity contribution in [2.45, 2.75) is 26.5 Å². The van der Waals surface area contributed by atoms with Crippen LogP contribution in [0.15, 0.2) is 18.2 Å². The van der Waals surface area contributed by atoms with E-state index in [-0.39, 0.29) is 6.10 Å². The first kappa shape index (κ1) is 14.3. The molecule has 4 heteroatoms. The van der Waals surface area contributed by atoms with E-state index < -0.39 is 0 Å². The van der Waals surface area contributed by atoms with Crippen molar-refractivity contribution in [2.75, 3.05) is 20.3 Å². The van der Waals surface area contributed by atoms with Crippen LogP contribution in [0.1, 0.15) is 19.4 Å². The third-order valence-electron chi connectivity index (χ3n) is 2.45. The smallest absolute Gasteiger partial charge is 0.138 e. The quantitative estimate of drug-likeness (QED) is 0.815. The monoisotopic (exact) mass is 257 g/mol. The number of benzene rings is 1. The van der Waals surface area contributed by atoms with Gasteiger partial charge in [-0.05, 0) is 31.2 Å². The van der Waals surface area contributed by atoms with Gasteiger partial charge in [0.2, 0.25) is 0 Å². The Bertz CT molecular complexity index is 344. The van der Waals surface area contributed by atoms with Crippen molar-refractivity contribution in [3.63, 3.8) is 0 Å². The van der Waals surface area contributed by atoms with Crippen molar-refractivity contribution < 1.29 is 9.47 Å². The highest BCUT2D eigenvalue weighted by Crippen LogP contribution is 2.25. The minimum atomic E-state index is 0.0625. The lowest BCUT2D eigenvalue weighted by Crippen LogP contribution is -2.16. The predicted molar refractivity (Wildman–Crippen MR) is 70.8 cm³/mol. The molecule has 1 unspecified atom stereocenters. The van der Waals surface area contributed by atoms with Crippen molar-refractivity contribution in [3.05, 3.63) is 28.8 Å². The lowest BCUT2D eigenvalue weighted by molar-refractivity contribution is 0.0717. The molecule has 17 heavy (non-hydrogen) atoms. The average molecular weight is 258 g/mol. The maximum absolute atomic E-state index is 6.14. The van der Waals surface area contributed by atoms with E-state index in [2.05, 4.69) is 12.2 Å². The summed E-state index contributed by atoms with van der Waals surface area (Å²) in [6.07, 6.45) is 0.0625. The summed E-state index contributed by atoms with van der Waals surface area (Å²) in [6.45, 7) is 6.30. The van der Waals surface area contributed by atoms with Gasteiger partial charge in [0.25, 0.3) is 0 Å². The van der Waals surface area contributed by atoms with Crippen LogP contribution in [0.5, 0.6) is 5.75 Å². The van der Waals surface area contributed by atoms with Crippen molar-refractivity contribution in [2.24, 2.45) is 0 Å². The zero-order valence-corrected chi connectivity index (χ0v) is 11.4. The van der Waals surface area contributed by atoms with E-state index in [0.717, 1.165) is 18.7 Å². The molecule has 0 aliphatic heterocycles. The van der Waals surface area contributed by atoms with E-state index >= 15 is 0 Å². The highest BCUT2D eigenvalue weighted by atomic mass is 35.5. The van der Waals surface area contributed by atoms with Crippen LogP contribution in [0, 0.1) is 0 Å². The third-order valence-corrected chi connectivity index (χ3v) is 2.75. The van der Waals surface area contributed by atoms with Crippen LogP contribution in [0.2, 0.25) is 5.02 Å². The summed E-state index contributed by atoms with van der Waals surface area (Å²) in [5.41, 5.74) is 1.16. The molecule has 0 saturated heterocycles. The summed E-state index contributed by atoms with van der Waals surface area (Å²) < 4.78 is 10.7. The number of rotatable bonds is 7. The zero-order chi connectivity index (χ0) is 12.7. The molecule has 0 aromatic heterocycles. The number of hydrogen-bond donors (Lipinski definition) is 1. The second kappa shape index (κ2) is 7.54. The Kier molecular flexibility index (Phi) is 6.34. The molecule has 96 valence electrons. The second-order valence-electron chi connectivity index (χ2n) is 3.90. The maximum atomic E-state index is 6.14. The van der Waals surface area contributed by atoms with Crippen molar-refractivity contribution >= 4 is 11.6 Å². The molecule has 0 aliphatic carbocycles. The molecule has 1 aromatic carbocycles. The molecule has 1 atom stereocenters. The Morgan fingerprint density at radius 2 is 2.18 bits per heavy atom. The normalized spacial score (nSPS) is 12.5. The highest BCUT2D eigenvalue weighted by molar-refractivity contribution is 6.32. The Morgan fingerprint density at radius 3 is 2.76 bits per heavy atom. The Labute approximate surface area is 108 Å². The summed E-state index contributed by atoms with van der Waals surface area (Å²) in [6, 6.07) is 5.84. The molecule has 0 amide bonds. The van der Waals surface area contributed by atoms with Crippen LogP contribution < -0.4 is 10.1 Å². The van der Waals surface area contributed by atoms with Gasteiger partial charge in [-0.25, -0.2) is 0 Å². The molecule has 0 saturated carbocycles. The third kappa shape index (κ3) is 4.94. The van der Waals surface area contributed by atoms with Gasteiger partial charge >= 0.3 is 0 Å².